The summed E-state index contributed by atoms with van der Waals surface area (Å²) in [6.45, 7) is 1.07. The zero-order chi connectivity index (χ0) is 7.40. The van der Waals surface area contributed by atoms with Crippen LogP contribution in [0.5, 0.6) is 0 Å². The van der Waals surface area contributed by atoms with Gasteiger partial charge < -0.3 is 9.84 Å². The van der Waals surface area contributed by atoms with Crippen LogP contribution < -0.4 is 0 Å². The fourth-order valence-electron chi connectivity index (χ4n) is 1.21. The van der Waals surface area contributed by atoms with E-state index in [1.807, 2.05) is 0 Å². The lowest BCUT2D eigenvalue weighted by atomic mass is 10.0. The Morgan fingerprint density at radius 1 is 1.70 bits per heavy atom. The molecule has 0 aromatic rings. The van der Waals surface area contributed by atoms with Gasteiger partial charge in [-0.3, -0.25) is 0 Å². The molecule has 2 nitrogen and oxygen atoms in total. The minimum atomic E-state index is -1.05. The van der Waals surface area contributed by atoms with Crippen LogP contribution in [-0.4, -0.2) is 31.1 Å². The van der Waals surface area contributed by atoms with Gasteiger partial charge in [0, 0.05) is 13.2 Å². The minimum absolute atomic E-state index is 0.335. The molecule has 1 N–H and O–H groups in total. The summed E-state index contributed by atoms with van der Waals surface area (Å²) >= 11 is 0. The van der Waals surface area contributed by atoms with Gasteiger partial charge in [-0.2, -0.15) is 0 Å². The molecule has 1 aliphatic heterocycles. The van der Waals surface area contributed by atoms with E-state index < -0.39 is 6.17 Å². The lowest BCUT2D eigenvalue weighted by molar-refractivity contribution is 0.139. The van der Waals surface area contributed by atoms with Crippen LogP contribution in [0.3, 0.4) is 0 Å². The quantitative estimate of drug-likeness (QED) is 0.639. The van der Waals surface area contributed by atoms with Crippen molar-refractivity contribution in [3.63, 3.8) is 0 Å². The maximum Gasteiger partial charge on any atom is 0.123 e. The highest BCUT2D eigenvalue weighted by molar-refractivity contribution is 4.68. The highest BCUT2D eigenvalue weighted by atomic mass is 19.1. The van der Waals surface area contributed by atoms with Crippen LogP contribution in [0.25, 0.3) is 0 Å². The standard InChI is InChI=1S/C7H13FO2/c8-7(4-9)3-6-1-2-10-5-6/h6-7,9H,1-5H2/t6-,7-/m1/s1. The Morgan fingerprint density at radius 2 is 2.50 bits per heavy atom. The van der Waals surface area contributed by atoms with Gasteiger partial charge in [-0.1, -0.05) is 0 Å². The van der Waals surface area contributed by atoms with Crippen LogP contribution in [0.2, 0.25) is 0 Å². The van der Waals surface area contributed by atoms with E-state index in [0.29, 0.717) is 18.9 Å². The molecule has 1 saturated heterocycles. The minimum Gasteiger partial charge on any atom is -0.393 e. The van der Waals surface area contributed by atoms with Crippen molar-refractivity contribution >= 4 is 0 Å². The van der Waals surface area contributed by atoms with E-state index in [-0.39, 0.29) is 6.61 Å². The molecule has 10 heavy (non-hydrogen) atoms. The maximum absolute atomic E-state index is 12.5. The lowest BCUT2D eigenvalue weighted by Gasteiger charge is -2.08. The molecule has 1 fully saturated rings. The molecule has 0 aromatic heterocycles. The highest BCUT2D eigenvalue weighted by Crippen LogP contribution is 2.18. The van der Waals surface area contributed by atoms with Crippen molar-refractivity contribution < 1.29 is 14.2 Å². The molecule has 0 unspecified atom stereocenters. The average Bonchev–Trinajstić information content (AvgIpc) is 2.40. The van der Waals surface area contributed by atoms with Crippen molar-refractivity contribution in [1.29, 1.82) is 0 Å². The number of aliphatic hydroxyl groups is 1. The van der Waals surface area contributed by atoms with Crippen LogP contribution in [0.4, 0.5) is 4.39 Å². The Labute approximate surface area is 60.0 Å². The van der Waals surface area contributed by atoms with Gasteiger partial charge in [-0.05, 0) is 18.8 Å². The second-order valence-electron chi connectivity index (χ2n) is 2.75. The summed E-state index contributed by atoms with van der Waals surface area (Å²) in [6.07, 6.45) is 0.350. The third kappa shape index (κ3) is 2.23. The van der Waals surface area contributed by atoms with E-state index in [0.717, 1.165) is 13.0 Å². The molecule has 2 atom stereocenters. The van der Waals surface area contributed by atoms with E-state index in [4.69, 9.17) is 9.84 Å². The summed E-state index contributed by atoms with van der Waals surface area (Å²) in [7, 11) is 0. The Morgan fingerprint density at radius 3 is 3.00 bits per heavy atom. The average molecular weight is 148 g/mol. The van der Waals surface area contributed by atoms with Gasteiger partial charge in [0.25, 0.3) is 0 Å². The molecule has 0 radical (unpaired) electrons. The predicted octanol–water partition coefficient (Wildman–Crippen LogP) is 0.743. The molecule has 1 aliphatic rings. The van der Waals surface area contributed by atoms with Crippen molar-refractivity contribution in [2.24, 2.45) is 5.92 Å². The topological polar surface area (TPSA) is 29.5 Å². The third-order valence-electron chi connectivity index (χ3n) is 1.81. The number of ether oxygens (including phenoxy) is 1. The van der Waals surface area contributed by atoms with E-state index in [1.165, 1.54) is 0 Å². The van der Waals surface area contributed by atoms with Crippen LogP contribution in [0.15, 0.2) is 0 Å². The third-order valence-corrected chi connectivity index (χ3v) is 1.81. The first-order chi connectivity index (χ1) is 4.83. The Kier molecular flexibility index (Phi) is 3.09. The summed E-state index contributed by atoms with van der Waals surface area (Å²) in [5.41, 5.74) is 0. The molecule has 3 heteroatoms. The van der Waals surface area contributed by atoms with Gasteiger partial charge in [0.05, 0.1) is 6.61 Å². The zero-order valence-corrected chi connectivity index (χ0v) is 5.92. The highest BCUT2D eigenvalue weighted by Gasteiger charge is 2.19. The molecule has 1 rings (SSSR count). The van der Waals surface area contributed by atoms with E-state index >= 15 is 0 Å². The summed E-state index contributed by atoms with van der Waals surface area (Å²) in [5, 5.41) is 8.38. The smallest absolute Gasteiger partial charge is 0.123 e. The number of hydrogen-bond donors (Lipinski definition) is 1. The number of hydrogen-bond acceptors (Lipinski definition) is 2. The molecule has 0 amide bonds. The first-order valence-electron chi connectivity index (χ1n) is 3.65. The van der Waals surface area contributed by atoms with E-state index in [2.05, 4.69) is 0 Å². The van der Waals surface area contributed by atoms with Crippen molar-refractivity contribution in [3.05, 3.63) is 0 Å². The molecule has 60 valence electrons. The Balaban J connectivity index is 2.11. The van der Waals surface area contributed by atoms with Gasteiger partial charge >= 0.3 is 0 Å². The van der Waals surface area contributed by atoms with Crippen molar-refractivity contribution in [2.75, 3.05) is 19.8 Å². The summed E-state index contributed by atoms with van der Waals surface area (Å²) in [4.78, 5) is 0. The second-order valence-corrected chi connectivity index (χ2v) is 2.75. The molecule has 0 saturated carbocycles. The molecule has 1 heterocycles. The predicted molar refractivity (Wildman–Crippen MR) is 35.5 cm³/mol. The van der Waals surface area contributed by atoms with Gasteiger partial charge in [-0.25, -0.2) is 4.39 Å². The summed E-state index contributed by atoms with van der Waals surface area (Å²) in [6, 6.07) is 0. The summed E-state index contributed by atoms with van der Waals surface area (Å²) < 4.78 is 17.5. The number of rotatable bonds is 3. The number of alkyl halides is 1. The second kappa shape index (κ2) is 3.88. The zero-order valence-electron chi connectivity index (χ0n) is 5.92. The van der Waals surface area contributed by atoms with Gasteiger partial charge in [0.1, 0.15) is 6.17 Å². The van der Waals surface area contributed by atoms with E-state index in [9.17, 15) is 4.39 Å². The fourth-order valence-corrected chi connectivity index (χ4v) is 1.21. The largest absolute Gasteiger partial charge is 0.393 e. The van der Waals surface area contributed by atoms with Crippen molar-refractivity contribution in [1.82, 2.24) is 0 Å². The normalized spacial score (nSPS) is 28.8. The molecule has 0 aromatic carbocycles. The molecular weight excluding hydrogens is 135 g/mol. The monoisotopic (exact) mass is 148 g/mol. The van der Waals surface area contributed by atoms with Gasteiger partial charge in [-0.15, -0.1) is 0 Å². The number of aliphatic hydroxyl groups excluding tert-OH is 1. The fraction of sp³-hybridized carbons (Fsp3) is 1.00. The molecule has 0 spiro atoms. The first kappa shape index (κ1) is 7.95. The van der Waals surface area contributed by atoms with Crippen LogP contribution in [0, 0.1) is 5.92 Å². The lowest BCUT2D eigenvalue weighted by Crippen LogP contribution is -2.12. The number of halogens is 1. The van der Waals surface area contributed by atoms with Gasteiger partial charge in [0.15, 0.2) is 0 Å². The van der Waals surface area contributed by atoms with Crippen LogP contribution in [0.1, 0.15) is 12.8 Å². The van der Waals surface area contributed by atoms with E-state index in [1.54, 1.807) is 0 Å². The first-order valence-corrected chi connectivity index (χ1v) is 3.65. The SMILES string of the molecule is OC[C@H](F)C[C@H]1CCOC1. The van der Waals surface area contributed by atoms with Crippen molar-refractivity contribution in [2.45, 2.75) is 19.0 Å². The Bertz CT molecular complexity index is 91.6. The van der Waals surface area contributed by atoms with Crippen LogP contribution in [-0.2, 0) is 4.74 Å². The molecular formula is C7H13FO2. The summed E-state index contributed by atoms with van der Waals surface area (Å²) in [5.74, 6) is 0.335. The maximum atomic E-state index is 12.5. The Hall–Kier alpha value is -0.150. The van der Waals surface area contributed by atoms with Crippen molar-refractivity contribution in [3.8, 4) is 0 Å². The molecule has 0 aliphatic carbocycles. The van der Waals surface area contributed by atoms with Gasteiger partial charge in [0.2, 0.25) is 0 Å². The molecule has 0 bridgehead atoms. The van der Waals surface area contributed by atoms with Crippen LogP contribution >= 0.6 is 0 Å².